The van der Waals surface area contributed by atoms with E-state index in [1.807, 2.05) is 0 Å². The molecule has 4 unspecified atom stereocenters. The smallest absolute Gasteiger partial charge is 0.311 e. The quantitative estimate of drug-likeness (QED) is 0.181. The van der Waals surface area contributed by atoms with Crippen molar-refractivity contribution in [1.82, 2.24) is 0 Å². The summed E-state index contributed by atoms with van der Waals surface area (Å²) in [6.07, 6.45) is -2.44. The van der Waals surface area contributed by atoms with Crippen LogP contribution in [0, 0.1) is 63.7 Å². The molecule has 7 rings (SSSR count). The van der Waals surface area contributed by atoms with Gasteiger partial charge in [0.2, 0.25) is 0 Å². The summed E-state index contributed by atoms with van der Waals surface area (Å²) in [4.78, 5) is 13.6. The van der Waals surface area contributed by atoms with Crippen LogP contribution in [0.4, 0.5) is 56.6 Å². The summed E-state index contributed by atoms with van der Waals surface area (Å²) in [6.45, 7) is 1.29. The predicted octanol–water partition coefficient (Wildman–Crippen LogP) is 6.20. The normalized spacial score (nSPS) is 30.3. The maximum absolute atomic E-state index is 16.2. The van der Waals surface area contributed by atoms with Crippen molar-refractivity contribution < 1.29 is 49.0 Å². The molecule has 3 aromatic rings. The van der Waals surface area contributed by atoms with Gasteiger partial charge in [0.25, 0.3) is 0 Å². The van der Waals surface area contributed by atoms with Crippen LogP contribution < -0.4 is 17.2 Å². The summed E-state index contributed by atoms with van der Waals surface area (Å²) in [5.41, 5.74) is 1.78. The molecule has 4 bridgehead atoms. The number of carbonyl (C=O) groups is 1. The van der Waals surface area contributed by atoms with Crippen molar-refractivity contribution in [3.8, 4) is 0 Å². The highest BCUT2D eigenvalue weighted by molar-refractivity contribution is 5.81. The van der Waals surface area contributed by atoms with E-state index in [0.717, 1.165) is 7.11 Å². The number of hydrogen-bond donors (Lipinski definition) is 3. The van der Waals surface area contributed by atoms with Gasteiger partial charge in [0.1, 0.15) is 34.5 Å². The van der Waals surface area contributed by atoms with Crippen molar-refractivity contribution in [2.75, 3.05) is 24.3 Å². The van der Waals surface area contributed by atoms with Gasteiger partial charge in [-0.2, -0.15) is 0 Å². The summed E-state index contributed by atoms with van der Waals surface area (Å²) >= 11 is 0. The number of nitrogen functional groups attached to an aromatic ring is 3. The van der Waals surface area contributed by atoms with E-state index in [1.54, 1.807) is 0 Å². The molecular formula is C30H24F9N3O2. The minimum atomic E-state index is -2.33. The molecule has 4 aliphatic carbocycles. The summed E-state index contributed by atoms with van der Waals surface area (Å²) in [5.74, 6) is -16.6. The Balaban J connectivity index is 1.85. The van der Waals surface area contributed by atoms with Gasteiger partial charge in [0.15, 0.2) is 34.9 Å². The number of methoxy groups -OCH3 is 1. The molecule has 4 fully saturated rings. The lowest BCUT2D eigenvalue weighted by atomic mass is 9.51. The fraction of sp³-hybridized carbons (Fsp3) is 0.367. The standard InChI is InChI=1S/C30H24F9N3O2/c1-10-28(17-11(31)3-14(34)23(40)20(17)37)6-27(26(43)44-2)7-29(9-28,18-12(32)4-15(35)24(41)21(18)38)30(10,8-27)19-13(33)5-16(36)25(42)22(19)39/h3-5,10H,6-9,40-42H2,1-2H3/t10-,27?,28?,29?,30?/m1/s1. The molecule has 0 heterocycles. The molecule has 0 spiro atoms. The zero-order valence-electron chi connectivity index (χ0n) is 23.1. The average Bonchev–Trinajstić information content (AvgIpc) is 3.25. The molecule has 0 aliphatic heterocycles. The van der Waals surface area contributed by atoms with E-state index in [0.29, 0.717) is 0 Å². The van der Waals surface area contributed by atoms with E-state index in [1.165, 1.54) is 6.92 Å². The van der Waals surface area contributed by atoms with Gasteiger partial charge in [0.05, 0.1) is 12.5 Å². The summed E-state index contributed by atoms with van der Waals surface area (Å²) < 4.78 is 144. The Kier molecular flexibility index (Phi) is 6.11. The topological polar surface area (TPSA) is 104 Å². The van der Waals surface area contributed by atoms with Crippen molar-refractivity contribution in [2.45, 2.75) is 48.9 Å². The van der Waals surface area contributed by atoms with Crippen LogP contribution in [-0.2, 0) is 25.8 Å². The number of anilines is 3. The Morgan fingerprint density at radius 2 is 1.09 bits per heavy atom. The number of hydrogen-bond acceptors (Lipinski definition) is 5. The summed E-state index contributed by atoms with van der Waals surface area (Å²) in [5, 5.41) is 0. The fourth-order valence-corrected chi connectivity index (χ4v) is 9.29. The van der Waals surface area contributed by atoms with Gasteiger partial charge in [-0.25, -0.2) is 39.5 Å². The Morgan fingerprint density at radius 1 is 0.659 bits per heavy atom. The zero-order chi connectivity index (χ0) is 32.5. The Hall–Kier alpha value is -4.10. The molecular weight excluding hydrogens is 605 g/mol. The van der Waals surface area contributed by atoms with E-state index < -0.39 is 145 Å². The van der Waals surface area contributed by atoms with Gasteiger partial charge in [-0.1, -0.05) is 6.92 Å². The molecule has 0 amide bonds. The maximum atomic E-state index is 16.2. The first kappa shape index (κ1) is 29.9. The highest BCUT2D eigenvalue weighted by Crippen LogP contribution is 2.83. The second-order valence-electron chi connectivity index (χ2n) is 12.2. The van der Waals surface area contributed by atoms with E-state index in [9.17, 15) is 18.0 Å². The van der Waals surface area contributed by atoms with Gasteiger partial charge < -0.3 is 21.9 Å². The molecule has 4 saturated carbocycles. The lowest BCUT2D eigenvalue weighted by molar-refractivity contribution is -0.158. The summed E-state index contributed by atoms with van der Waals surface area (Å²) in [7, 11) is 0.964. The molecule has 5 nitrogen and oxygen atoms in total. The van der Waals surface area contributed by atoms with Gasteiger partial charge in [0, 0.05) is 51.1 Å². The largest absolute Gasteiger partial charge is 0.469 e. The van der Waals surface area contributed by atoms with Crippen LogP contribution in [0.2, 0.25) is 0 Å². The third kappa shape index (κ3) is 3.20. The molecule has 3 aromatic carbocycles. The second-order valence-corrected chi connectivity index (χ2v) is 12.2. The van der Waals surface area contributed by atoms with E-state index >= 15 is 26.3 Å². The lowest BCUT2D eigenvalue weighted by Crippen LogP contribution is -2.52. The lowest BCUT2D eigenvalue weighted by Gasteiger charge is -2.51. The maximum Gasteiger partial charge on any atom is 0.311 e. The van der Waals surface area contributed by atoms with Crippen molar-refractivity contribution in [1.29, 1.82) is 0 Å². The van der Waals surface area contributed by atoms with Crippen molar-refractivity contribution in [2.24, 2.45) is 11.3 Å². The minimum Gasteiger partial charge on any atom is -0.469 e. The first-order valence-corrected chi connectivity index (χ1v) is 13.3. The number of halogens is 9. The van der Waals surface area contributed by atoms with Crippen LogP contribution in [-0.4, -0.2) is 13.1 Å². The van der Waals surface area contributed by atoms with Crippen molar-refractivity contribution >= 4 is 23.0 Å². The van der Waals surface area contributed by atoms with Crippen LogP contribution in [0.25, 0.3) is 0 Å². The van der Waals surface area contributed by atoms with Crippen molar-refractivity contribution in [3.05, 3.63) is 87.2 Å². The highest BCUT2D eigenvalue weighted by Gasteiger charge is 2.84. The molecule has 6 N–H and O–H groups in total. The SMILES string of the molecule is COC(=O)C12CC3(c4c(F)cc(F)c(N)c4F)CC(c4c(F)cc(F)c(N)c4F)(C1)C(c1c(F)cc(F)c(N)c1F)(C2)[C@@H]3C. The molecule has 14 heteroatoms. The van der Waals surface area contributed by atoms with Crippen molar-refractivity contribution in [3.63, 3.8) is 0 Å². The minimum absolute atomic E-state index is 0.237. The van der Waals surface area contributed by atoms with Gasteiger partial charge in [-0.05, 0) is 31.6 Å². The predicted molar refractivity (Wildman–Crippen MR) is 139 cm³/mol. The number of rotatable bonds is 4. The molecule has 44 heavy (non-hydrogen) atoms. The molecule has 0 saturated heterocycles. The first-order chi connectivity index (χ1) is 20.5. The average molecular weight is 630 g/mol. The Labute approximate surface area is 244 Å². The number of ether oxygens (including phenoxy) is 1. The molecule has 0 aromatic heterocycles. The van der Waals surface area contributed by atoms with Gasteiger partial charge in [-0.3, -0.25) is 4.79 Å². The number of benzene rings is 3. The zero-order valence-corrected chi connectivity index (χ0v) is 23.1. The van der Waals surface area contributed by atoms with E-state index in [4.69, 9.17) is 21.9 Å². The Morgan fingerprint density at radius 3 is 1.59 bits per heavy atom. The third-order valence-electron chi connectivity index (χ3n) is 10.6. The Bertz CT molecular complexity index is 1820. The first-order valence-electron chi connectivity index (χ1n) is 13.3. The molecule has 4 aliphatic rings. The molecule has 0 radical (unpaired) electrons. The third-order valence-corrected chi connectivity index (χ3v) is 10.6. The monoisotopic (exact) mass is 629 g/mol. The highest BCUT2D eigenvalue weighted by atomic mass is 19.2. The summed E-state index contributed by atoms with van der Waals surface area (Å²) in [6, 6.07) is 0.754. The number of carbonyl (C=O) groups excluding carboxylic acids is 1. The molecule has 5 atom stereocenters. The number of nitrogens with two attached hydrogens (primary N) is 3. The van der Waals surface area contributed by atoms with Gasteiger partial charge in [-0.15, -0.1) is 0 Å². The fourth-order valence-electron chi connectivity index (χ4n) is 9.29. The number of esters is 1. The van der Waals surface area contributed by atoms with Crippen LogP contribution in [0.1, 0.15) is 49.3 Å². The van der Waals surface area contributed by atoms with Crippen LogP contribution in [0.3, 0.4) is 0 Å². The molecule has 234 valence electrons. The second kappa shape index (κ2) is 8.98. The van der Waals surface area contributed by atoms with Crippen LogP contribution >= 0.6 is 0 Å². The van der Waals surface area contributed by atoms with Crippen LogP contribution in [0.15, 0.2) is 18.2 Å². The van der Waals surface area contributed by atoms with Gasteiger partial charge >= 0.3 is 5.97 Å². The van der Waals surface area contributed by atoms with Crippen LogP contribution in [0.5, 0.6) is 0 Å². The van der Waals surface area contributed by atoms with E-state index in [2.05, 4.69) is 0 Å². The van der Waals surface area contributed by atoms with E-state index in [-0.39, 0.29) is 18.2 Å².